The van der Waals surface area contributed by atoms with Gasteiger partial charge in [0, 0.05) is 5.88 Å². The van der Waals surface area contributed by atoms with Crippen LogP contribution >= 0.6 is 27.5 Å². The van der Waals surface area contributed by atoms with E-state index < -0.39 is 10.8 Å². The number of carbonyl (C=O) groups excluding carboxylic acids is 1. The molecule has 0 fully saturated rings. The molecule has 0 aromatic heterocycles. The number of carboxylic acid groups (broad SMARTS) is 1. The Balaban J connectivity index is 3.18. The molecule has 1 aromatic rings. The highest BCUT2D eigenvalue weighted by Crippen LogP contribution is 2.28. The second-order valence-electron chi connectivity index (χ2n) is 3.71. The summed E-state index contributed by atoms with van der Waals surface area (Å²) in [6, 6.07) is 5.27. The number of carbonyl (C=O) groups is 2. The van der Waals surface area contributed by atoms with Crippen molar-refractivity contribution in [2.45, 2.75) is 24.1 Å². The summed E-state index contributed by atoms with van der Waals surface area (Å²) in [5.74, 6) is -0.670. The third-order valence-corrected chi connectivity index (χ3v) is 3.78. The maximum Gasteiger partial charge on any atom is 0.307 e. The number of benzene rings is 1. The number of hydrogen-bond acceptors (Lipinski definition) is 2. The Morgan fingerprint density at radius 3 is 2.59 bits per heavy atom. The predicted octanol–water partition coefficient (Wildman–Crippen LogP) is 3.08. The Morgan fingerprint density at radius 2 is 2.12 bits per heavy atom. The monoisotopic (exact) mass is 318 g/mol. The summed E-state index contributed by atoms with van der Waals surface area (Å²) >= 11 is 8.97. The first-order valence-electron chi connectivity index (χ1n) is 4.99. The summed E-state index contributed by atoms with van der Waals surface area (Å²) in [6.07, 6.45) is -0.116. The zero-order valence-electron chi connectivity index (χ0n) is 9.24. The van der Waals surface area contributed by atoms with Gasteiger partial charge in [0.2, 0.25) is 0 Å². The fraction of sp³-hybridized carbons (Fsp3) is 0.333. The van der Waals surface area contributed by atoms with E-state index in [-0.39, 0.29) is 12.2 Å². The Hall–Kier alpha value is -0.870. The van der Waals surface area contributed by atoms with Crippen LogP contribution in [0.5, 0.6) is 0 Å². The second kappa shape index (κ2) is 6.17. The number of hydrogen-bond donors (Lipinski definition) is 1. The van der Waals surface area contributed by atoms with Gasteiger partial charge in [-0.2, -0.15) is 0 Å². The first-order valence-corrected chi connectivity index (χ1v) is 6.44. The van der Waals surface area contributed by atoms with Crippen LogP contribution in [-0.4, -0.2) is 16.9 Å². The van der Waals surface area contributed by atoms with Crippen LogP contribution in [0.3, 0.4) is 0 Å². The Labute approximate surface area is 113 Å². The van der Waals surface area contributed by atoms with E-state index in [1.165, 1.54) is 6.92 Å². The van der Waals surface area contributed by atoms with Crippen molar-refractivity contribution in [1.82, 2.24) is 0 Å². The van der Waals surface area contributed by atoms with Gasteiger partial charge in [-0.15, -0.1) is 11.6 Å². The molecule has 0 aliphatic rings. The average Bonchev–Trinajstić information content (AvgIpc) is 2.27. The summed E-state index contributed by atoms with van der Waals surface area (Å²) < 4.78 is 0. The van der Waals surface area contributed by atoms with E-state index >= 15 is 0 Å². The van der Waals surface area contributed by atoms with Gasteiger partial charge in [0.1, 0.15) is 5.78 Å². The fourth-order valence-electron chi connectivity index (χ4n) is 1.52. The predicted molar refractivity (Wildman–Crippen MR) is 69.7 cm³/mol. The summed E-state index contributed by atoms with van der Waals surface area (Å²) in [7, 11) is 0. The third-order valence-electron chi connectivity index (χ3n) is 2.33. The third kappa shape index (κ3) is 3.82. The molecule has 92 valence electrons. The maximum atomic E-state index is 11.3. The number of halogens is 2. The van der Waals surface area contributed by atoms with Crippen molar-refractivity contribution < 1.29 is 14.7 Å². The topological polar surface area (TPSA) is 54.4 Å². The van der Waals surface area contributed by atoms with E-state index in [1.54, 1.807) is 18.2 Å². The quantitative estimate of drug-likeness (QED) is 0.849. The van der Waals surface area contributed by atoms with E-state index in [9.17, 15) is 9.59 Å². The number of rotatable bonds is 5. The Bertz CT molecular complexity index is 445. The molecular weight excluding hydrogens is 307 g/mol. The lowest BCUT2D eigenvalue weighted by Gasteiger charge is -2.13. The van der Waals surface area contributed by atoms with Gasteiger partial charge in [-0.25, -0.2) is 0 Å². The molecule has 0 aliphatic heterocycles. The summed E-state index contributed by atoms with van der Waals surface area (Å²) in [6.45, 7) is 1.46. The van der Waals surface area contributed by atoms with E-state index in [0.717, 1.165) is 5.56 Å². The van der Waals surface area contributed by atoms with Gasteiger partial charge in [-0.3, -0.25) is 9.59 Å². The van der Waals surface area contributed by atoms with Crippen molar-refractivity contribution in [3.63, 3.8) is 0 Å². The van der Waals surface area contributed by atoms with Crippen LogP contribution in [0.4, 0.5) is 0 Å². The normalized spacial score (nSPS) is 12.2. The van der Waals surface area contributed by atoms with Gasteiger partial charge < -0.3 is 5.11 Å². The molecule has 3 nitrogen and oxygen atoms in total. The van der Waals surface area contributed by atoms with Gasteiger partial charge in [0.25, 0.3) is 0 Å². The molecule has 0 spiro atoms. The molecule has 0 saturated carbocycles. The Morgan fingerprint density at radius 1 is 1.47 bits per heavy atom. The van der Waals surface area contributed by atoms with Crippen molar-refractivity contribution >= 4 is 39.3 Å². The molecule has 1 rings (SSSR count). The average molecular weight is 320 g/mol. The van der Waals surface area contributed by atoms with Crippen molar-refractivity contribution in [1.29, 1.82) is 0 Å². The van der Waals surface area contributed by atoms with E-state index in [0.29, 0.717) is 17.0 Å². The highest BCUT2D eigenvalue weighted by molar-refractivity contribution is 9.09. The number of carboxylic acids is 1. The van der Waals surface area contributed by atoms with Crippen LogP contribution in [0.1, 0.15) is 28.4 Å². The van der Waals surface area contributed by atoms with Crippen LogP contribution < -0.4 is 0 Å². The lowest BCUT2D eigenvalue weighted by molar-refractivity contribution is -0.136. The molecule has 5 heteroatoms. The van der Waals surface area contributed by atoms with Crippen molar-refractivity contribution in [3.05, 3.63) is 34.9 Å². The highest BCUT2D eigenvalue weighted by Gasteiger charge is 2.18. The molecule has 0 amide bonds. The number of aliphatic carboxylic acids is 1. The minimum atomic E-state index is -0.929. The van der Waals surface area contributed by atoms with Crippen molar-refractivity contribution in [2.75, 3.05) is 0 Å². The van der Waals surface area contributed by atoms with E-state index in [1.807, 2.05) is 0 Å². The van der Waals surface area contributed by atoms with Crippen LogP contribution in [0.15, 0.2) is 18.2 Å². The van der Waals surface area contributed by atoms with Crippen molar-refractivity contribution in [2.24, 2.45) is 0 Å². The SMILES string of the molecule is CC(=O)C(Br)c1ccc(CCl)cc1CC(=O)O. The summed E-state index contributed by atoms with van der Waals surface area (Å²) in [5.41, 5.74) is 2.15. The molecule has 0 aliphatic carbocycles. The molecule has 0 bridgehead atoms. The Kier molecular flexibility index (Phi) is 5.15. The van der Waals surface area contributed by atoms with Crippen LogP contribution in [0, 0.1) is 0 Å². The molecule has 0 saturated heterocycles. The maximum absolute atomic E-state index is 11.3. The van der Waals surface area contributed by atoms with Gasteiger partial charge in [0.15, 0.2) is 0 Å². The number of ketones is 1. The van der Waals surface area contributed by atoms with Crippen LogP contribution in [0.25, 0.3) is 0 Å². The first-order chi connectivity index (χ1) is 7.95. The smallest absolute Gasteiger partial charge is 0.307 e. The van der Waals surface area contributed by atoms with Gasteiger partial charge in [-0.1, -0.05) is 34.1 Å². The van der Waals surface area contributed by atoms with Gasteiger partial charge >= 0.3 is 5.97 Å². The molecule has 0 radical (unpaired) electrons. The molecule has 1 atom stereocenters. The van der Waals surface area contributed by atoms with E-state index in [2.05, 4.69) is 15.9 Å². The van der Waals surface area contributed by atoms with Crippen LogP contribution in [0.2, 0.25) is 0 Å². The van der Waals surface area contributed by atoms with Gasteiger partial charge in [-0.05, 0) is 23.6 Å². The number of Topliss-reactive ketones (excluding diaryl/α,β-unsaturated/α-hetero) is 1. The van der Waals surface area contributed by atoms with Crippen LogP contribution in [-0.2, 0) is 21.9 Å². The minimum Gasteiger partial charge on any atom is -0.481 e. The number of alkyl halides is 2. The molecule has 1 aromatic carbocycles. The zero-order valence-corrected chi connectivity index (χ0v) is 11.6. The standard InChI is InChI=1S/C12H12BrClO3/c1-7(15)12(13)10-3-2-8(6-14)4-9(10)5-11(16)17/h2-4,12H,5-6H2,1H3,(H,16,17). The lowest BCUT2D eigenvalue weighted by atomic mass is 9.98. The van der Waals surface area contributed by atoms with Gasteiger partial charge in [0.05, 0.1) is 11.2 Å². The summed E-state index contributed by atoms with van der Waals surface area (Å²) in [4.78, 5) is 21.6. The second-order valence-corrected chi connectivity index (χ2v) is 4.89. The largest absolute Gasteiger partial charge is 0.481 e. The molecule has 1 unspecified atom stereocenters. The molecule has 0 heterocycles. The lowest BCUT2D eigenvalue weighted by Crippen LogP contribution is -2.09. The summed E-state index contributed by atoms with van der Waals surface area (Å²) in [5, 5.41) is 8.84. The zero-order chi connectivity index (χ0) is 13.0. The highest BCUT2D eigenvalue weighted by atomic mass is 79.9. The van der Waals surface area contributed by atoms with E-state index in [4.69, 9.17) is 16.7 Å². The molecular formula is C12H12BrClO3. The fourth-order valence-corrected chi connectivity index (χ4v) is 2.14. The molecule has 1 N–H and O–H groups in total. The first kappa shape index (κ1) is 14.2. The van der Waals surface area contributed by atoms with Crippen molar-refractivity contribution in [3.8, 4) is 0 Å². The minimum absolute atomic E-state index is 0.0599. The molecule has 17 heavy (non-hydrogen) atoms.